The van der Waals surface area contributed by atoms with Crippen LogP contribution in [-0.4, -0.2) is 30.9 Å². The van der Waals surface area contributed by atoms with Gasteiger partial charge in [-0.1, -0.05) is 30.0 Å². The van der Waals surface area contributed by atoms with E-state index >= 15 is 0 Å². The molecule has 0 heterocycles. The summed E-state index contributed by atoms with van der Waals surface area (Å²) in [4.78, 5) is 10.5. The number of aliphatic carboxylic acids is 1. The van der Waals surface area contributed by atoms with Crippen molar-refractivity contribution in [2.75, 3.05) is 25.6 Å². The molecular formula is C25H23NO5. The highest BCUT2D eigenvalue weighted by Gasteiger charge is 2.03. The Bertz CT molecular complexity index is 1050. The number of carboxylic acids is 1. The Balaban J connectivity index is 1.47. The number of hydrogen-bond donors (Lipinski definition) is 2. The lowest BCUT2D eigenvalue weighted by atomic mass is 10.1. The third kappa shape index (κ3) is 7.33. The van der Waals surface area contributed by atoms with Crippen LogP contribution in [0.1, 0.15) is 17.5 Å². The highest BCUT2D eigenvalue weighted by Crippen LogP contribution is 2.21. The molecule has 6 nitrogen and oxygen atoms in total. The van der Waals surface area contributed by atoms with Gasteiger partial charge in [0.2, 0.25) is 0 Å². The minimum absolute atomic E-state index is 0.375. The number of carbonyl (C=O) groups is 1. The van der Waals surface area contributed by atoms with Crippen LogP contribution < -0.4 is 19.9 Å². The lowest BCUT2D eigenvalue weighted by Crippen LogP contribution is -2.09. The largest absolute Gasteiger partial charge is 0.493 e. The van der Waals surface area contributed by atoms with E-state index in [0.717, 1.165) is 11.1 Å². The van der Waals surface area contributed by atoms with Crippen LogP contribution in [-0.2, 0) is 4.79 Å². The molecule has 31 heavy (non-hydrogen) atoms. The third-order valence-corrected chi connectivity index (χ3v) is 4.12. The predicted octanol–water partition coefficient (Wildman–Crippen LogP) is 3.98. The highest BCUT2D eigenvalue weighted by atomic mass is 16.5. The maximum Gasteiger partial charge on any atom is 0.341 e. The number of rotatable bonds is 9. The lowest BCUT2D eigenvalue weighted by molar-refractivity contribution is -0.139. The normalized spacial score (nSPS) is 9.94. The minimum atomic E-state index is -1.02. The van der Waals surface area contributed by atoms with Gasteiger partial charge in [0.1, 0.15) is 17.2 Å². The molecule has 0 fully saturated rings. The van der Waals surface area contributed by atoms with Gasteiger partial charge in [-0.2, -0.15) is 0 Å². The number of benzene rings is 3. The van der Waals surface area contributed by atoms with Gasteiger partial charge in [-0.25, -0.2) is 4.79 Å². The summed E-state index contributed by atoms with van der Waals surface area (Å²) in [5, 5.41) is 8.62. The third-order valence-electron chi connectivity index (χ3n) is 4.12. The second-order valence-corrected chi connectivity index (χ2v) is 6.58. The molecule has 0 saturated heterocycles. The molecular weight excluding hydrogens is 394 g/mol. The number of carboxylic acid groups (broad SMARTS) is 1. The molecule has 0 radical (unpaired) electrons. The molecule has 3 rings (SSSR count). The van der Waals surface area contributed by atoms with Gasteiger partial charge in [0.25, 0.3) is 0 Å². The Labute approximate surface area is 181 Å². The molecule has 0 unspecified atom stereocenters. The zero-order valence-corrected chi connectivity index (χ0v) is 16.9. The highest BCUT2D eigenvalue weighted by molar-refractivity contribution is 5.68. The maximum atomic E-state index is 10.5. The average molecular weight is 417 g/mol. The first kappa shape index (κ1) is 21.6. The standard InChI is InChI=1S/C25H23NO5/c26-21-9-14-24(20(17-21)8-7-19-5-2-1-3-6-19)30-16-4-15-29-22-10-12-23(13-11-22)31-18-25(27)28/h1-3,5-6,9-14,17H,4,15-16,18,26H2,(H,27,28). The van der Waals surface area contributed by atoms with Gasteiger partial charge in [0.15, 0.2) is 6.61 Å². The van der Waals surface area contributed by atoms with Gasteiger partial charge >= 0.3 is 5.97 Å². The first-order chi connectivity index (χ1) is 15.1. The molecule has 0 aliphatic carbocycles. The van der Waals surface area contributed by atoms with Crippen molar-refractivity contribution in [1.82, 2.24) is 0 Å². The van der Waals surface area contributed by atoms with Crippen molar-refractivity contribution >= 4 is 11.7 Å². The van der Waals surface area contributed by atoms with E-state index < -0.39 is 5.97 Å². The summed E-state index contributed by atoms with van der Waals surface area (Å²) in [6.07, 6.45) is 0.674. The van der Waals surface area contributed by atoms with Crippen LogP contribution in [0, 0.1) is 11.8 Å². The smallest absolute Gasteiger partial charge is 0.341 e. The quantitative estimate of drug-likeness (QED) is 0.311. The average Bonchev–Trinajstić information content (AvgIpc) is 2.78. The van der Waals surface area contributed by atoms with E-state index in [1.165, 1.54) is 0 Å². The zero-order valence-electron chi connectivity index (χ0n) is 16.9. The van der Waals surface area contributed by atoms with Crippen molar-refractivity contribution in [2.24, 2.45) is 0 Å². The fourth-order valence-corrected chi connectivity index (χ4v) is 2.64. The first-order valence-corrected chi connectivity index (χ1v) is 9.77. The zero-order chi connectivity index (χ0) is 21.9. The van der Waals surface area contributed by atoms with E-state index in [0.29, 0.717) is 42.6 Å². The Morgan fingerprint density at radius 3 is 2.23 bits per heavy atom. The van der Waals surface area contributed by atoms with Gasteiger partial charge in [-0.05, 0) is 54.6 Å². The first-order valence-electron chi connectivity index (χ1n) is 9.77. The number of ether oxygens (including phenoxy) is 3. The topological polar surface area (TPSA) is 91.0 Å². The predicted molar refractivity (Wildman–Crippen MR) is 118 cm³/mol. The molecule has 0 atom stereocenters. The second-order valence-electron chi connectivity index (χ2n) is 6.58. The molecule has 0 aliphatic rings. The molecule has 0 spiro atoms. The second kappa shape index (κ2) is 11.2. The Kier molecular flexibility index (Phi) is 7.78. The molecule has 0 bridgehead atoms. The summed E-state index contributed by atoms with van der Waals surface area (Å²) < 4.78 is 16.6. The van der Waals surface area contributed by atoms with Crippen molar-refractivity contribution in [3.63, 3.8) is 0 Å². The summed E-state index contributed by atoms with van der Waals surface area (Å²) in [5.74, 6) is 7.05. The van der Waals surface area contributed by atoms with Gasteiger partial charge < -0.3 is 25.1 Å². The monoisotopic (exact) mass is 417 g/mol. The van der Waals surface area contributed by atoms with E-state index in [4.69, 9.17) is 25.1 Å². The molecule has 0 amide bonds. The van der Waals surface area contributed by atoms with E-state index in [1.54, 1.807) is 36.4 Å². The Morgan fingerprint density at radius 2 is 1.52 bits per heavy atom. The van der Waals surface area contributed by atoms with Crippen LogP contribution in [0.3, 0.4) is 0 Å². The molecule has 3 aromatic carbocycles. The minimum Gasteiger partial charge on any atom is -0.493 e. The summed E-state index contributed by atoms with van der Waals surface area (Å²) >= 11 is 0. The summed E-state index contributed by atoms with van der Waals surface area (Å²) in [6, 6.07) is 21.9. The number of anilines is 1. The fraction of sp³-hybridized carbons (Fsp3) is 0.160. The van der Waals surface area contributed by atoms with Crippen molar-refractivity contribution in [3.8, 4) is 29.1 Å². The molecule has 3 aromatic rings. The Hall–Kier alpha value is -4.11. The van der Waals surface area contributed by atoms with Crippen LogP contribution in [0.2, 0.25) is 0 Å². The molecule has 0 saturated carbocycles. The molecule has 0 aromatic heterocycles. The molecule has 0 aliphatic heterocycles. The van der Waals surface area contributed by atoms with E-state index in [1.807, 2.05) is 36.4 Å². The van der Waals surface area contributed by atoms with Crippen LogP contribution in [0.4, 0.5) is 5.69 Å². The van der Waals surface area contributed by atoms with Crippen LogP contribution in [0.5, 0.6) is 17.2 Å². The van der Waals surface area contributed by atoms with E-state index in [-0.39, 0.29) is 6.61 Å². The SMILES string of the molecule is Nc1ccc(OCCCOc2ccc(OCC(=O)O)cc2)c(C#Cc2ccccc2)c1. The Morgan fingerprint density at radius 1 is 0.839 bits per heavy atom. The van der Waals surface area contributed by atoms with Crippen molar-refractivity contribution in [3.05, 3.63) is 83.9 Å². The van der Waals surface area contributed by atoms with Gasteiger partial charge in [-0.3, -0.25) is 0 Å². The van der Waals surface area contributed by atoms with Crippen molar-refractivity contribution in [2.45, 2.75) is 6.42 Å². The van der Waals surface area contributed by atoms with Crippen LogP contribution in [0.25, 0.3) is 0 Å². The summed E-state index contributed by atoms with van der Waals surface area (Å²) in [7, 11) is 0. The van der Waals surface area contributed by atoms with Crippen LogP contribution in [0.15, 0.2) is 72.8 Å². The van der Waals surface area contributed by atoms with Gasteiger partial charge in [-0.15, -0.1) is 0 Å². The molecule has 6 heteroatoms. The van der Waals surface area contributed by atoms with Gasteiger partial charge in [0.05, 0.1) is 18.8 Å². The number of nitrogen functional groups attached to an aromatic ring is 1. The lowest BCUT2D eigenvalue weighted by Gasteiger charge is -2.10. The van der Waals surface area contributed by atoms with Crippen molar-refractivity contribution in [1.29, 1.82) is 0 Å². The maximum absolute atomic E-state index is 10.5. The molecule has 3 N–H and O–H groups in total. The van der Waals surface area contributed by atoms with E-state index in [2.05, 4.69) is 11.8 Å². The van der Waals surface area contributed by atoms with Gasteiger partial charge in [0, 0.05) is 17.7 Å². The number of hydrogen-bond acceptors (Lipinski definition) is 5. The molecule has 158 valence electrons. The summed E-state index contributed by atoms with van der Waals surface area (Å²) in [6.45, 7) is 0.555. The van der Waals surface area contributed by atoms with E-state index in [9.17, 15) is 4.79 Å². The number of nitrogens with two attached hydrogens (primary N) is 1. The summed E-state index contributed by atoms with van der Waals surface area (Å²) in [5.41, 5.74) is 8.19. The van der Waals surface area contributed by atoms with Crippen LogP contribution >= 0.6 is 0 Å². The van der Waals surface area contributed by atoms with Crippen molar-refractivity contribution < 1.29 is 24.1 Å². The fourth-order valence-electron chi connectivity index (χ4n) is 2.64.